The Morgan fingerprint density at radius 1 is 1.57 bits per heavy atom. The predicted molar refractivity (Wildman–Crippen MR) is 57.7 cm³/mol. The van der Waals surface area contributed by atoms with Gasteiger partial charge in [0.05, 0.1) is 0 Å². The zero-order chi connectivity index (χ0) is 9.97. The van der Waals surface area contributed by atoms with Crippen molar-refractivity contribution in [2.24, 2.45) is 5.92 Å². The second-order valence-corrected chi connectivity index (χ2v) is 4.22. The van der Waals surface area contributed by atoms with Gasteiger partial charge in [-0.25, -0.2) is 4.98 Å². The van der Waals surface area contributed by atoms with Crippen LogP contribution in [-0.2, 0) is 6.54 Å². The van der Waals surface area contributed by atoms with E-state index in [1.165, 1.54) is 25.1 Å². The molecule has 2 heterocycles. The quantitative estimate of drug-likeness (QED) is 0.770. The van der Waals surface area contributed by atoms with Gasteiger partial charge in [0.15, 0.2) is 0 Å². The van der Waals surface area contributed by atoms with Crippen LogP contribution in [0.2, 0.25) is 0 Å². The van der Waals surface area contributed by atoms with Crippen molar-refractivity contribution in [1.29, 1.82) is 0 Å². The number of rotatable bonds is 2. The van der Waals surface area contributed by atoms with E-state index >= 15 is 0 Å². The standard InChI is InChI=1S/C11H17N3/c1-9-4-5-14(7-9)8-10-2-3-11(12)13-6-10/h2-3,6,9H,4-5,7-8H2,1H3,(H2,12,13)/t9-/m1/s1. The Balaban J connectivity index is 1.94. The number of hydrogen-bond donors (Lipinski definition) is 1. The highest BCUT2D eigenvalue weighted by molar-refractivity contribution is 5.29. The van der Waals surface area contributed by atoms with E-state index in [9.17, 15) is 0 Å². The summed E-state index contributed by atoms with van der Waals surface area (Å²) >= 11 is 0. The molecule has 14 heavy (non-hydrogen) atoms. The zero-order valence-corrected chi connectivity index (χ0v) is 8.61. The molecule has 3 heteroatoms. The van der Waals surface area contributed by atoms with Gasteiger partial charge in [-0.1, -0.05) is 13.0 Å². The van der Waals surface area contributed by atoms with Crippen LogP contribution < -0.4 is 5.73 Å². The lowest BCUT2D eigenvalue weighted by atomic mass is 10.2. The van der Waals surface area contributed by atoms with Gasteiger partial charge in [-0.05, 0) is 30.5 Å². The van der Waals surface area contributed by atoms with E-state index in [1.807, 2.05) is 12.3 Å². The molecule has 2 N–H and O–H groups in total. The average Bonchev–Trinajstić information content (AvgIpc) is 2.56. The molecule has 0 amide bonds. The van der Waals surface area contributed by atoms with Crippen LogP contribution in [0.4, 0.5) is 5.82 Å². The molecule has 3 nitrogen and oxygen atoms in total. The lowest BCUT2D eigenvalue weighted by Crippen LogP contribution is -2.19. The van der Waals surface area contributed by atoms with Gasteiger partial charge in [0, 0.05) is 19.3 Å². The molecule has 2 rings (SSSR count). The fourth-order valence-corrected chi connectivity index (χ4v) is 1.96. The first-order valence-corrected chi connectivity index (χ1v) is 5.17. The van der Waals surface area contributed by atoms with E-state index in [2.05, 4.69) is 22.9 Å². The van der Waals surface area contributed by atoms with Crippen LogP contribution in [0.1, 0.15) is 18.9 Å². The van der Waals surface area contributed by atoms with Crippen molar-refractivity contribution >= 4 is 5.82 Å². The van der Waals surface area contributed by atoms with Crippen LogP contribution in [0.3, 0.4) is 0 Å². The lowest BCUT2D eigenvalue weighted by molar-refractivity contribution is 0.320. The van der Waals surface area contributed by atoms with Gasteiger partial charge < -0.3 is 5.73 Å². The summed E-state index contributed by atoms with van der Waals surface area (Å²) < 4.78 is 0. The van der Waals surface area contributed by atoms with Crippen LogP contribution in [0, 0.1) is 5.92 Å². The van der Waals surface area contributed by atoms with Gasteiger partial charge in [0.1, 0.15) is 5.82 Å². The number of nitrogen functional groups attached to an aromatic ring is 1. The van der Waals surface area contributed by atoms with E-state index in [0.29, 0.717) is 5.82 Å². The van der Waals surface area contributed by atoms with Crippen molar-refractivity contribution in [3.8, 4) is 0 Å². The third kappa shape index (κ3) is 2.23. The molecule has 1 fully saturated rings. The molecule has 1 aromatic heterocycles. The molecule has 0 aliphatic carbocycles. The summed E-state index contributed by atoms with van der Waals surface area (Å²) in [5, 5.41) is 0. The van der Waals surface area contributed by atoms with Gasteiger partial charge in [0.2, 0.25) is 0 Å². The first-order chi connectivity index (χ1) is 6.74. The van der Waals surface area contributed by atoms with Crippen LogP contribution in [-0.4, -0.2) is 23.0 Å². The number of nitrogens with zero attached hydrogens (tertiary/aromatic N) is 2. The predicted octanol–water partition coefficient (Wildman–Crippen LogP) is 1.51. The normalized spacial score (nSPS) is 22.8. The van der Waals surface area contributed by atoms with Crippen molar-refractivity contribution in [3.05, 3.63) is 23.9 Å². The number of pyridine rings is 1. The molecule has 1 saturated heterocycles. The third-order valence-electron chi connectivity index (χ3n) is 2.76. The molecule has 76 valence electrons. The van der Waals surface area contributed by atoms with Crippen LogP contribution in [0.15, 0.2) is 18.3 Å². The minimum Gasteiger partial charge on any atom is -0.384 e. The number of hydrogen-bond acceptors (Lipinski definition) is 3. The summed E-state index contributed by atoms with van der Waals surface area (Å²) in [6, 6.07) is 3.93. The first-order valence-electron chi connectivity index (χ1n) is 5.17. The van der Waals surface area contributed by atoms with Gasteiger partial charge in [-0.3, -0.25) is 4.90 Å². The van der Waals surface area contributed by atoms with Gasteiger partial charge >= 0.3 is 0 Å². The topological polar surface area (TPSA) is 42.1 Å². The van der Waals surface area contributed by atoms with Crippen LogP contribution in [0.5, 0.6) is 0 Å². The third-order valence-corrected chi connectivity index (χ3v) is 2.76. The van der Waals surface area contributed by atoms with Crippen molar-refractivity contribution in [2.45, 2.75) is 19.9 Å². The molecule has 0 saturated carbocycles. The summed E-state index contributed by atoms with van der Waals surface area (Å²) in [5.41, 5.74) is 6.79. The molecule has 1 aliphatic heterocycles. The molecule has 0 bridgehead atoms. The maximum absolute atomic E-state index is 5.53. The van der Waals surface area contributed by atoms with Crippen LogP contribution >= 0.6 is 0 Å². The largest absolute Gasteiger partial charge is 0.384 e. The van der Waals surface area contributed by atoms with Crippen molar-refractivity contribution in [1.82, 2.24) is 9.88 Å². The van der Waals surface area contributed by atoms with E-state index < -0.39 is 0 Å². The van der Waals surface area contributed by atoms with Crippen molar-refractivity contribution in [2.75, 3.05) is 18.8 Å². The smallest absolute Gasteiger partial charge is 0.123 e. The summed E-state index contributed by atoms with van der Waals surface area (Å²) in [4.78, 5) is 6.56. The molecule has 1 atom stereocenters. The van der Waals surface area contributed by atoms with E-state index in [4.69, 9.17) is 5.73 Å². The maximum Gasteiger partial charge on any atom is 0.123 e. The SMILES string of the molecule is C[C@@H]1CCN(Cc2ccc(N)nc2)C1. The summed E-state index contributed by atoms with van der Waals surface area (Å²) in [7, 11) is 0. The highest BCUT2D eigenvalue weighted by Gasteiger charge is 2.18. The number of anilines is 1. The molecule has 0 radical (unpaired) electrons. The van der Waals surface area contributed by atoms with Gasteiger partial charge in [-0.2, -0.15) is 0 Å². The first kappa shape index (κ1) is 9.46. The number of aromatic nitrogens is 1. The summed E-state index contributed by atoms with van der Waals surface area (Å²) in [5.74, 6) is 1.44. The molecule has 0 spiro atoms. The molecule has 0 unspecified atom stereocenters. The highest BCUT2D eigenvalue weighted by atomic mass is 15.1. The van der Waals surface area contributed by atoms with Gasteiger partial charge in [0.25, 0.3) is 0 Å². The van der Waals surface area contributed by atoms with E-state index in [1.54, 1.807) is 0 Å². The van der Waals surface area contributed by atoms with Crippen LogP contribution in [0.25, 0.3) is 0 Å². The van der Waals surface area contributed by atoms with Gasteiger partial charge in [-0.15, -0.1) is 0 Å². The Morgan fingerprint density at radius 3 is 3.00 bits per heavy atom. The van der Waals surface area contributed by atoms with E-state index in [-0.39, 0.29) is 0 Å². The van der Waals surface area contributed by atoms with Crippen molar-refractivity contribution < 1.29 is 0 Å². The Morgan fingerprint density at radius 2 is 2.43 bits per heavy atom. The minimum absolute atomic E-state index is 0.600. The zero-order valence-electron chi connectivity index (χ0n) is 8.61. The lowest BCUT2D eigenvalue weighted by Gasteiger charge is -2.14. The monoisotopic (exact) mass is 191 g/mol. The minimum atomic E-state index is 0.600. The number of nitrogens with two attached hydrogens (primary N) is 1. The Kier molecular flexibility index (Phi) is 2.68. The Bertz CT molecular complexity index is 294. The second-order valence-electron chi connectivity index (χ2n) is 4.22. The van der Waals surface area contributed by atoms with Crippen molar-refractivity contribution in [3.63, 3.8) is 0 Å². The molecular formula is C11H17N3. The highest BCUT2D eigenvalue weighted by Crippen LogP contribution is 2.17. The number of likely N-dealkylation sites (tertiary alicyclic amines) is 1. The fraction of sp³-hybridized carbons (Fsp3) is 0.545. The molecule has 1 aliphatic rings. The maximum atomic E-state index is 5.53. The Labute approximate surface area is 84.9 Å². The second kappa shape index (κ2) is 3.96. The summed E-state index contributed by atoms with van der Waals surface area (Å²) in [6.07, 6.45) is 3.20. The van der Waals surface area contributed by atoms with E-state index in [0.717, 1.165) is 12.5 Å². The fourth-order valence-electron chi connectivity index (χ4n) is 1.96. The molecule has 0 aromatic carbocycles. The Hall–Kier alpha value is -1.09. The molecule has 1 aromatic rings. The summed E-state index contributed by atoms with van der Waals surface area (Å²) in [6.45, 7) is 5.74. The molecular weight excluding hydrogens is 174 g/mol. The average molecular weight is 191 g/mol.